The average molecular weight is 263 g/mol. The van der Waals surface area contributed by atoms with Crippen molar-refractivity contribution in [3.63, 3.8) is 0 Å². The highest BCUT2D eigenvalue weighted by Gasteiger charge is 2.15. The number of rotatable bonds is 4. The quantitative estimate of drug-likeness (QED) is 0.859. The van der Waals surface area contributed by atoms with E-state index in [1.807, 2.05) is 26.5 Å². The summed E-state index contributed by atoms with van der Waals surface area (Å²) in [6.07, 6.45) is 5.42. The lowest BCUT2D eigenvalue weighted by Gasteiger charge is -2.14. The van der Waals surface area contributed by atoms with Gasteiger partial charge in [-0.2, -0.15) is 5.10 Å². The Hall–Kier alpha value is -1.56. The van der Waals surface area contributed by atoms with E-state index in [0.29, 0.717) is 5.92 Å². The Morgan fingerprint density at radius 2 is 2.11 bits per heavy atom. The molecule has 0 aliphatic rings. The Morgan fingerprint density at radius 1 is 1.33 bits per heavy atom. The molecular weight excluding hydrogens is 246 g/mol. The van der Waals surface area contributed by atoms with Gasteiger partial charge in [-0.1, -0.05) is 25.6 Å². The molecule has 2 aromatic rings. The third-order valence-electron chi connectivity index (χ3n) is 2.56. The molecule has 5 nitrogen and oxygen atoms in total. The summed E-state index contributed by atoms with van der Waals surface area (Å²) in [7, 11) is 3.79. The summed E-state index contributed by atoms with van der Waals surface area (Å²) in [6, 6.07) is 0. The van der Waals surface area contributed by atoms with Gasteiger partial charge in [-0.25, -0.2) is 9.97 Å². The zero-order chi connectivity index (χ0) is 13.1. The summed E-state index contributed by atoms with van der Waals surface area (Å²) in [5.74, 6) is 1.26. The largest absolute Gasteiger partial charge is 0.373 e. The minimum absolute atomic E-state index is 0.368. The van der Waals surface area contributed by atoms with Crippen LogP contribution in [0.15, 0.2) is 28.6 Å². The average Bonchev–Trinajstić information content (AvgIpc) is 2.74. The van der Waals surface area contributed by atoms with E-state index in [-0.39, 0.29) is 0 Å². The molecule has 0 bridgehead atoms. The number of hydrogen-bond acceptors (Lipinski definition) is 5. The third-order valence-corrected chi connectivity index (χ3v) is 3.52. The van der Waals surface area contributed by atoms with E-state index in [1.165, 1.54) is 0 Å². The number of aromatic nitrogens is 4. The van der Waals surface area contributed by atoms with Crippen LogP contribution in [-0.2, 0) is 7.05 Å². The fourth-order valence-electron chi connectivity index (χ4n) is 1.74. The molecule has 2 rings (SSSR count). The summed E-state index contributed by atoms with van der Waals surface area (Å²) in [5.41, 5.74) is 1.15. The van der Waals surface area contributed by atoms with E-state index in [1.54, 1.807) is 22.8 Å². The van der Waals surface area contributed by atoms with Crippen LogP contribution in [0.2, 0.25) is 0 Å². The van der Waals surface area contributed by atoms with Crippen molar-refractivity contribution in [1.29, 1.82) is 0 Å². The highest BCUT2D eigenvalue weighted by atomic mass is 32.2. The van der Waals surface area contributed by atoms with Crippen LogP contribution in [0.3, 0.4) is 0 Å². The van der Waals surface area contributed by atoms with Gasteiger partial charge < -0.3 is 5.32 Å². The van der Waals surface area contributed by atoms with Crippen molar-refractivity contribution >= 4 is 17.6 Å². The maximum Gasteiger partial charge on any atom is 0.133 e. The molecule has 0 aliphatic heterocycles. The molecule has 0 spiro atoms. The van der Waals surface area contributed by atoms with Gasteiger partial charge in [-0.15, -0.1) is 0 Å². The van der Waals surface area contributed by atoms with Gasteiger partial charge >= 0.3 is 0 Å². The van der Waals surface area contributed by atoms with Crippen molar-refractivity contribution < 1.29 is 0 Å². The molecule has 1 N–H and O–H groups in total. The minimum atomic E-state index is 0.368. The summed E-state index contributed by atoms with van der Waals surface area (Å²) >= 11 is 1.62. The standard InChI is InChI=1S/C12H17N5S/c1-8(2)10-11(13-3)14-7-15-12(10)18-9-5-16-17(4)6-9/h5-8H,1-4H3,(H,13,14,15). The second-order valence-electron chi connectivity index (χ2n) is 4.30. The lowest BCUT2D eigenvalue weighted by molar-refractivity contribution is 0.766. The van der Waals surface area contributed by atoms with Gasteiger partial charge in [0.25, 0.3) is 0 Å². The first-order valence-electron chi connectivity index (χ1n) is 5.81. The fourth-order valence-corrected chi connectivity index (χ4v) is 2.81. The Labute approximate surface area is 111 Å². The van der Waals surface area contributed by atoms with Gasteiger partial charge in [0.2, 0.25) is 0 Å². The molecule has 2 heterocycles. The molecule has 6 heteroatoms. The second-order valence-corrected chi connectivity index (χ2v) is 5.36. The predicted octanol–water partition coefficient (Wildman–Crippen LogP) is 2.53. The van der Waals surface area contributed by atoms with Crippen LogP contribution in [0.4, 0.5) is 5.82 Å². The van der Waals surface area contributed by atoms with E-state index >= 15 is 0 Å². The Morgan fingerprint density at radius 3 is 2.67 bits per heavy atom. The summed E-state index contributed by atoms with van der Waals surface area (Å²) in [4.78, 5) is 9.74. The van der Waals surface area contributed by atoms with Crippen LogP contribution in [0, 0.1) is 0 Å². The fraction of sp³-hybridized carbons (Fsp3) is 0.417. The van der Waals surface area contributed by atoms with Gasteiger partial charge in [-0.3, -0.25) is 4.68 Å². The smallest absolute Gasteiger partial charge is 0.133 e. The molecule has 0 atom stereocenters. The summed E-state index contributed by atoms with van der Waals surface area (Å²) in [5, 5.41) is 8.27. The highest BCUT2D eigenvalue weighted by Crippen LogP contribution is 2.34. The number of nitrogens with zero attached hydrogens (tertiary/aromatic N) is 4. The Kier molecular flexibility index (Phi) is 3.86. The van der Waals surface area contributed by atoms with Crippen molar-refractivity contribution in [2.45, 2.75) is 29.7 Å². The minimum Gasteiger partial charge on any atom is -0.373 e. The first-order chi connectivity index (χ1) is 8.61. The van der Waals surface area contributed by atoms with Crippen molar-refractivity contribution in [2.24, 2.45) is 7.05 Å². The molecule has 0 saturated heterocycles. The number of hydrogen-bond donors (Lipinski definition) is 1. The van der Waals surface area contributed by atoms with Gasteiger partial charge in [0, 0.05) is 25.9 Å². The predicted molar refractivity (Wildman–Crippen MR) is 73.0 cm³/mol. The van der Waals surface area contributed by atoms with E-state index in [0.717, 1.165) is 21.3 Å². The maximum absolute atomic E-state index is 4.39. The molecule has 0 radical (unpaired) electrons. The molecular formula is C12H17N5S. The molecule has 0 unspecified atom stereocenters. The van der Waals surface area contributed by atoms with Crippen LogP contribution < -0.4 is 5.32 Å². The second kappa shape index (κ2) is 5.39. The van der Waals surface area contributed by atoms with Crippen LogP contribution in [0.1, 0.15) is 25.3 Å². The Balaban J connectivity index is 2.37. The van der Waals surface area contributed by atoms with Gasteiger partial charge in [-0.05, 0) is 5.92 Å². The van der Waals surface area contributed by atoms with Crippen molar-refractivity contribution in [2.75, 3.05) is 12.4 Å². The van der Waals surface area contributed by atoms with Gasteiger partial charge in [0.1, 0.15) is 17.2 Å². The molecule has 0 aromatic carbocycles. The molecule has 0 amide bonds. The lowest BCUT2D eigenvalue weighted by Crippen LogP contribution is -2.03. The van der Waals surface area contributed by atoms with Crippen molar-refractivity contribution in [3.8, 4) is 0 Å². The maximum atomic E-state index is 4.39. The zero-order valence-corrected chi connectivity index (χ0v) is 11.8. The number of anilines is 1. The van der Waals surface area contributed by atoms with Crippen LogP contribution in [-0.4, -0.2) is 26.8 Å². The first-order valence-corrected chi connectivity index (χ1v) is 6.62. The molecule has 0 saturated carbocycles. The molecule has 2 aromatic heterocycles. The topological polar surface area (TPSA) is 55.6 Å². The highest BCUT2D eigenvalue weighted by molar-refractivity contribution is 7.99. The van der Waals surface area contributed by atoms with E-state index in [2.05, 4.69) is 34.2 Å². The van der Waals surface area contributed by atoms with E-state index in [4.69, 9.17) is 0 Å². The number of aryl methyl sites for hydroxylation is 1. The Bertz CT molecular complexity index is 535. The third kappa shape index (κ3) is 2.64. The van der Waals surface area contributed by atoms with Crippen molar-refractivity contribution in [1.82, 2.24) is 19.7 Å². The molecule has 96 valence electrons. The number of nitrogens with one attached hydrogen (secondary N) is 1. The molecule has 0 fully saturated rings. The molecule has 18 heavy (non-hydrogen) atoms. The normalized spacial score (nSPS) is 10.9. The van der Waals surface area contributed by atoms with Crippen LogP contribution in [0.25, 0.3) is 0 Å². The first kappa shape index (κ1) is 12.9. The van der Waals surface area contributed by atoms with Gasteiger partial charge in [0.15, 0.2) is 0 Å². The zero-order valence-electron chi connectivity index (χ0n) is 11.0. The monoisotopic (exact) mass is 263 g/mol. The summed E-state index contributed by atoms with van der Waals surface area (Å²) < 4.78 is 1.79. The lowest BCUT2D eigenvalue weighted by atomic mass is 10.1. The summed E-state index contributed by atoms with van der Waals surface area (Å²) in [6.45, 7) is 4.29. The van der Waals surface area contributed by atoms with Crippen LogP contribution >= 0.6 is 11.8 Å². The van der Waals surface area contributed by atoms with E-state index < -0.39 is 0 Å². The van der Waals surface area contributed by atoms with Gasteiger partial charge in [0.05, 0.1) is 11.1 Å². The van der Waals surface area contributed by atoms with Crippen molar-refractivity contribution in [3.05, 3.63) is 24.3 Å². The SMILES string of the molecule is CNc1ncnc(Sc2cnn(C)c2)c1C(C)C. The van der Waals surface area contributed by atoms with Crippen LogP contribution in [0.5, 0.6) is 0 Å². The molecule has 0 aliphatic carbocycles. The van der Waals surface area contributed by atoms with E-state index in [9.17, 15) is 0 Å².